The fraction of sp³-hybridized carbons (Fsp3) is 0.727. The number of thioether (sulfide) groups is 1. The van der Waals surface area contributed by atoms with Crippen LogP contribution in [-0.2, 0) is 4.74 Å². The van der Waals surface area contributed by atoms with Crippen LogP contribution in [0.3, 0.4) is 0 Å². The van der Waals surface area contributed by atoms with Crippen LogP contribution in [0.25, 0.3) is 0 Å². The van der Waals surface area contributed by atoms with Crippen LogP contribution in [0.15, 0.2) is 4.90 Å². The molecule has 0 unspecified atom stereocenters. The summed E-state index contributed by atoms with van der Waals surface area (Å²) in [6.45, 7) is 6.13. The van der Waals surface area contributed by atoms with Crippen LogP contribution in [-0.4, -0.2) is 30.9 Å². The van der Waals surface area contributed by atoms with Crippen LogP contribution in [0.1, 0.15) is 20.3 Å². The molecule has 0 amide bonds. The zero-order valence-electron chi connectivity index (χ0n) is 10.9. The Hall–Kier alpha value is -0.460. The highest BCUT2D eigenvalue weighted by Gasteiger charge is 2.19. The van der Waals surface area contributed by atoms with Crippen molar-refractivity contribution in [1.82, 2.24) is 4.37 Å². The minimum atomic E-state index is 0.199. The molecule has 0 saturated carbocycles. The number of nitrogens with one attached hydrogen (secondary N) is 1. The van der Waals surface area contributed by atoms with Gasteiger partial charge in [0, 0.05) is 20.3 Å². The highest BCUT2D eigenvalue weighted by molar-refractivity contribution is 7.99. The van der Waals surface area contributed by atoms with Gasteiger partial charge in [0.25, 0.3) is 0 Å². The van der Waals surface area contributed by atoms with Crippen LogP contribution in [0.4, 0.5) is 10.8 Å². The highest BCUT2D eigenvalue weighted by Crippen LogP contribution is 2.35. The number of hydrogen-bond acceptors (Lipinski definition) is 6. The molecule has 0 fully saturated rings. The molecule has 0 saturated heterocycles. The average Bonchev–Trinajstić information content (AvgIpc) is 2.65. The van der Waals surface area contributed by atoms with Crippen molar-refractivity contribution in [3.05, 3.63) is 0 Å². The first-order valence-electron chi connectivity index (χ1n) is 5.52. The smallest absolute Gasteiger partial charge is 0.153 e. The van der Waals surface area contributed by atoms with Crippen molar-refractivity contribution in [2.45, 2.75) is 25.2 Å². The molecule has 0 aliphatic heterocycles. The van der Waals surface area contributed by atoms with E-state index in [2.05, 4.69) is 23.5 Å². The molecule has 1 rings (SSSR count). The fourth-order valence-corrected chi connectivity index (χ4v) is 2.93. The number of hydrogen-bond donors (Lipinski definition) is 2. The van der Waals surface area contributed by atoms with Crippen LogP contribution in [0.2, 0.25) is 0 Å². The number of anilines is 2. The molecule has 1 heterocycles. The van der Waals surface area contributed by atoms with E-state index in [1.165, 1.54) is 11.5 Å². The van der Waals surface area contributed by atoms with E-state index in [9.17, 15) is 0 Å². The van der Waals surface area contributed by atoms with Crippen molar-refractivity contribution in [2.75, 3.05) is 37.6 Å². The SMILES string of the molecule is COCCC(C)(C)CNc1snc(N)c1SC. The van der Waals surface area contributed by atoms with Gasteiger partial charge in [-0.1, -0.05) is 13.8 Å². The molecule has 0 radical (unpaired) electrons. The Bertz CT molecular complexity index is 352. The zero-order chi connectivity index (χ0) is 12.9. The number of nitrogen functional groups attached to an aromatic ring is 1. The maximum Gasteiger partial charge on any atom is 0.153 e. The van der Waals surface area contributed by atoms with Gasteiger partial charge >= 0.3 is 0 Å². The van der Waals surface area contributed by atoms with Gasteiger partial charge in [0.15, 0.2) is 5.82 Å². The number of rotatable bonds is 7. The molecule has 4 nitrogen and oxygen atoms in total. The van der Waals surface area contributed by atoms with Gasteiger partial charge in [-0.15, -0.1) is 11.8 Å². The lowest BCUT2D eigenvalue weighted by atomic mass is 9.90. The first-order chi connectivity index (χ1) is 8.00. The summed E-state index contributed by atoms with van der Waals surface area (Å²) in [5.74, 6) is 0.625. The van der Waals surface area contributed by atoms with E-state index in [1.54, 1.807) is 18.9 Å². The summed E-state index contributed by atoms with van der Waals surface area (Å²) in [6.07, 6.45) is 3.04. The third kappa shape index (κ3) is 4.37. The predicted molar refractivity (Wildman–Crippen MR) is 77.1 cm³/mol. The van der Waals surface area contributed by atoms with Gasteiger partial charge in [-0.25, -0.2) is 0 Å². The molecule has 0 aliphatic rings. The van der Waals surface area contributed by atoms with Crippen molar-refractivity contribution in [3.63, 3.8) is 0 Å². The highest BCUT2D eigenvalue weighted by atomic mass is 32.2. The van der Waals surface area contributed by atoms with E-state index in [-0.39, 0.29) is 5.41 Å². The normalized spacial score (nSPS) is 11.8. The third-order valence-corrected chi connectivity index (χ3v) is 4.36. The quantitative estimate of drug-likeness (QED) is 0.749. The number of methoxy groups -OCH3 is 1. The summed E-state index contributed by atoms with van der Waals surface area (Å²) in [5.41, 5.74) is 5.99. The molecule has 17 heavy (non-hydrogen) atoms. The van der Waals surface area contributed by atoms with Crippen molar-refractivity contribution >= 4 is 34.1 Å². The lowest BCUT2D eigenvalue weighted by Gasteiger charge is -2.24. The van der Waals surface area contributed by atoms with Gasteiger partial charge < -0.3 is 15.8 Å². The molecular formula is C11H21N3OS2. The van der Waals surface area contributed by atoms with Crippen molar-refractivity contribution in [3.8, 4) is 0 Å². The van der Waals surface area contributed by atoms with Gasteiger partial charge in [-0.05, 0) is 29.6 Å². The maximum absolute atomic E-state index is 5.79. The summed E-state index contributed by atoms with van der Waals surface area (Å²) >= 11 is 3.06. The lowest BCUT2D eigenvalue weighted by Crippen LogP contribution is -2.24. The van der Waals surface area contributed by atoms with Crippen LogP contribution in [0.5, 0.6) is 0 Å². The second kappa shape index (κ2) is 6.47. The third-order valence-electron chi connectivity index (χ3n) is 2.59. The van der Waals surface area contributed by atoms with Gasteiger partial charge in [0.2, 0.25) is 0 Å². The van der Waals surface area contributed by atoms with Gasteiger partial charge in [0.1, 0.15) is 5.00 Å². The molecule has 0 spiro atoms. The van der Waals surface area contributed by atoms with Crippen molar-refractivity contribution in [1.29, 1.82) is 0 Å². The first kappa shape index (κ1) is 14.6. The Morgan fingerprint density at radius 3 is 2.82 bits per heavy atom. The predicted octanol–water partition coefficient (Wildman–Crippen LogP) is 2.92. The van der Waals surface area contributed by atoms with Crippen LogP contribution < -0.4 is 11.1 Å². The van der Waals surface area contributed by atoms with Crippen LogP contribution in [0, 0.1) is 5.41 Å². The Kier molecular flexibility index (Phi) is 5.55. The molecule has 6 heteroatoms. The topological polar surface area (TPSA) is 60.2 Å². The average molecular weight is 275 g/mol. The minimum absolute atomic E-state index is 0.199. The van der Waals surface area contributed by atoms with E-state index in [1.807, 2.05) is 6.26 Å². The standard InChI is InChI=1S/C11H21N3OS2/c1-11(2,5-6-15-3)7-13-10-8(16-4)9(12)14-17-10/h13H,5-7H2,1-4H3,(H2,12,14). The fourth-order valence-electron chi connectivity index (χ4n) is 1.39. The molecule has 1 aromatic rings. The molecule has 98 valence electrons. The van der Waals surface area contributed by atoms with Gasteiger partial charge in [-0.2, -0.15) is 4.37 Å². The monoisotopic (exact) mass is 275 g/mol. The summed E-state index contributed by atoms with van der Waals surface area (Å²) in [5, 5.41) is 4.50. The van der Waals surface area contributed by atoms with E-state index < -0.39 is 0 Å². The second-order valence-corrected chi connectivity index (χ2v) is 6.28. The van der Waals surface area contributed by atoms with E-state index in [4.69, 9.17) is 10.5 Å². The molecule has 0 atom stereocenters. The number of nitrogens with zero attached hydrogens (tertiary/aromatic N) is 1. The molecule has 1 aromatic heterocycles. The van der Waals surface area contributed by atoms with E-state index >= 15 is 0 Å². The first-order valence-corrected chi connectivity index (χ1v) is 7.52. The Labute approximate surface area is 111 Å². The van der Waals surface area contributed by atoms with Gasteiger partial charge in [-0.3, -0.25) is 0 Å². The largest absolute Gasteiger partial charge is 0.385 e. The molecule has 0 bridgehead atoms. The maximum atomic E-state index is 5.79. The number of ether oxygens (including phenoxy) is 1. The van der Waals surface area contributed by atoms with E-state index in [0.29, 0.717) is 5.82 Å². The second-order valence-electron chi connectivity index (χ2n) is 4.69. The minimum Gasteiger partial charge on any atom is -0.385 e. The molecule has 0 aromatic carbocycles. The Morgan fingerprint density at radius 2 is 2.24 bits per heavy atom. The molecule has 3 N–H and O–H groups in total. The van der Waals surface area contributed by atoms with Gasteiger partial charge in [0.05, 0.1) is 4.90 Å². The summed E-state index contributed by atoms with van der Waals surface area (Å²) in [6, 6.07) is 0. The number of aromatic nitrogens is 1. The zero-order valence-corrected chi connectivity index (χ0v) is 12.5. The number of nitrogens with two attached hydrogens (primary N) is 1. The molecule has 0 aliphatic carbocycles. The summed E-state index contributed by atoms with van der Waals surface area (Å²) in [7, 11) is 1.74. The summed E-state index contributed by atoms with van der Waals surface area (Å²) in [4.78, 5) is 1.05. The van der Waals surface area contributed by atoms with Crippen molar-refractivity contribution in [2.24, 2.45) is 5.41 Å². The van der Waals surface area contributed by atoms with Crippen molar-refractivity contribution < 1.29 is 4.74 Å². The van der Waals surface area contributed by atoms with Crippen LogP contribution >= 0.6 is 23.3 Å². The summed E-state index contributed by atoms with van der Waals surface area (Å²) < 4.78 is 9.28. The Balaban J connectivity index is 2.54. The van der Waals surface area contributed by atoms with E-state index in [0.717, 1.165) is 29.5 Å². The molecular weight excluding hydrogens is 254 g/mol. The Morgan fingerprint density at radius 1 is 1.53 bits per heavy atom. The lowest BCUT2D eigenvalue weighted by molar-refractivity contribution is 0.157.